The zero-order valence-electron chi connectivity index (χ0n) is 12.4. The third kappa shape index (κ3) is 5.26. The second-order valence-electron chi connectivity index (χ2n) is 4.86. The summed E-state index contributed by atoms with van der Waals surface area (Å²) in [6, 6.07) is 13.3. The van der Waals surface area contributed by atoms with E-state index in [1.807, 2.05) is 13.0 Å². The van der Waals surface area contributed by atoms with Crippen LogP contribution >= 0.6 is 23.4 Å². The van der Waals surface area contributed by atoms with Crippen molar-refractivity contribution in [3.63, 3.8) is 0 Å². The third-order valence-corrected chi connectivity index (χ3v) is 4.60. The molecular weight excluding hydrogens is 336 g/mol. The number of nitro groups is 1. The number of benzene rings is 2. The first-order valence-corrected chi connectivity index (χ1v) is 8.30. The van der Waals surface area contributed by atoms with E-state index in [1.54, 1.807) is 30.3 Å². The predicted molar refractivity (Wildman–Crippen MR) is 94.1 cm³/mol. The van der Waals surface area contributed by atoms with Crippen molar-refractivity contribution in [1.29, 1.82) is 0 Å². The fraction of sp³-hybridized carbons (Fsp3) is 0.188. The van der Waals surface area contributed by atoms with Gasteiger partial charge in [-0.25, -0.2) is 0 Å². The molecule has 2 aromatic rings. The number of nitrogens with one attached hydrogen (secondary N) is 1. The standard InChI is InChI=1S/C16H15ClN2O3S/c1-11(12-3-2-4-15(9-12)19(21)22)23-10-16(20)18-14-7-5-13(17)6-8-14/h2-9,11H,10H2,1H3,(H,18,20)/t11-/m0/s1. The van der Waals surface area contributed by atoms with E-state index in [-0.39, 0.29) is 22.6 Å². The molecule has 0 heterocycles. The summed E-state index contributed by atoms with van der Waals surface area (Å²) in [5.74, 6) is 0.126. The lowest BCUT2D eigenvalue weighted by molar-refractivity contribution is -0.384. The van der Waals surface area contributed by atoms with Crippen molar-refractivity contribution in [2.45, 2.75) is 12.2 Å². The zero-order chi connectivity index (χ0) is 16.8. The van der Waals surface area contributed by atoms with Crippen LogP contribution in [0.2, 0.25) is 5.02 Å². The number of nitro benzene ring substituents is 1. The SMILES string of the molecule is C[C@H](SCC(=O)Nc1ccc(Cl)cc1)c1cccc([N+](=O)[O-])c1. The quantitative estimate of drug-likeness (QED) is 0.606. The number of carbonyl (C=O) groups excluding carboxylic acids is 1. The van der Waals surface area contributed by atoms with Crippen molar-refractivity contribution in [1.82, 2.24) is 0 Å². The first-order valence-electron chi connectivity index (χ1n) is 6.87. The van der Waals surface area contributed by atoms with Crippen LogP contribution in [0.3, 0.4) is 0 Å². The minimum Gasteiger partial charge on any atom is -0.325 e. The normalized spacial score (nSPS) is 11.7. The number of thioether (sulfide) groups is 1. The molecule has 2 aromatic carbocycles. The molecule has 0 aliphatic heterocycles. The van der Waals surface area contributed by atoms with Gasteiger partial charge >= 0.3 is 0 Å². The summed E-state index contributed by atoms with van der Waals surface area (Å²) in [5, 5.41) is 14.2. The molecule has 23 heavy (non-hydrogen) atoms. The minimum absolute atomic E-state index is 0.0223. The van der Waals surface area contributed by atoms with Gasteiger partial charge in [0.15, 0.2) is 0 Å². The van der Waals surface area contributed by atoms with Crippen LogP contribution in [0.1, 0.15) is 17.7 Å². The van der Waals surface area contributed by atoms with Gasteiger partial charge in [-0.1, -0.05) is 23.7 Å². The fourth-order valence-electron chi connectivity index (χ4n) is 1.92. The molecule has 0 aromatic heterocycles. The summed E-state index contributed by atoms with van der Waals surface area (Å²) >= 11 is 7.21. The minimum atomic E-state index is -0.422. The predicted octanol–water partition coefficient (Wildman–Crippen LogP) is 4.68. The molecule has 0 radical (unpaired) electrons. The lowest BCUT2D eigenvalue weighted by Crippen LogP contribution is -2.14. The van der Waals surface area contributed by atoms with Crippen LogP contribution < -0.4 is 5.32 Å². The number of anilines is 1. The molecule has 5 nitrogen and oxygen atoms in total. The van der Waals surface area contributed by atoms with Crippen molar-refractivity contribution in [2.75, 3.05) is 11.1 Å². The number of hydrogen-bond acceptors (Lipinski definition) is 4. The molecule has 1 N–H and O–H groups in total. The van der Waals surface area contributed by atoms with E-state index in [1.165, 1.54) is 23.9 Å². The number of rotatable bonds is 6. The molecule has 7 heteroatoms. The Balaban J connectivity index is 1.89. The van der Waals surface area contributed by atoms with Crippen LogP contribution in [0.25, 0.3) is 0 Å². The van der Waals surface area contributed by atoms with E-state index >= 15 is 0 Å². The summed E-state index contributed by atoms with van der Waals surface area (Å²) in [5.41, 5.74) is 1.56. The Labute approximate surface area is 143 Å². The van der Waals surface area contributed by atoms with Gasteiger partial charge in [0.05, 0.1) is 10.7 Å². The van der Waals surface area contributed by atoms with Crippen LogP contribution in [0.5, 0.6) is 0 Å². The van der Waals surface area contributed by atoms with Crippen LogP contribution in [0, 0.1) is 10.1 Å². The Morgan fingerprint density at radius 3 is 2.65 bits per heavy atom. The van der Waals surface area contributed by atoms with Crippen molar-refractivity contribution in [3.8, 4) is 0 Å². The number of nitrogens with zero attached hydrogens (tertiary/aromatic N) is 1. The number of non-ortho nitro benzene ring substituents is 1. The number of amides is 1. The monoisotopic (exact) mass is 350 g/mol. The largest absolute Gasteiger partial charge is 0.325 e. The fourth-order valence-corrected chi connectivity index (χ4v) is 2.86. The number of carbonyl (C=O) groups is 1. The average Bonchev–Trinajstić information content (AvgIpc) is 2.55. The molecule has 120 valence electrons. The van der Waals surface area contributed by atoms with E-state index in [4.69, 9.17) is 11.6 Å². The van der Waals surface area contributed by atoms with Gasteiger partial charge in [0.1, 0.15) is 0 Å². The second-order valence-corrected chi connectivity index (χ2v) is 6.63. The summed E-state index contributed by atoms with van der Waals surface area (Å²) in [6.07, 6.45) is 0. The van der Waals surface area contributed by atoms with Crippen LogP contribution in [-0.2, 0) is 4.79 Å². The van der Waals surface area contributed by atoms with Crippen molar-refractivity contribution >= 4 is 40.6 Å². The Bertz CT molecular complexity index is 707. The van der Waals surface area contributed by atoms with Crippen LogP contribution in [0.4, 0.5) is 11.4 Å². The van der Waals surface area contributed by atoms with Gasteiger partial charge in [0.25, 0.3) is 5.69 Å². The van der Waals surface area contributed by atoms with Gasteiger partial charge in [-0.15, -0.1) is 11.8 Å². The van der Waals surface area contributed by atoms with Gasteiger partial charge in [-0.2, -0.15) is 0 Å². The highest BCUT2D eigenvalue weighted by Crippen LogP contribution is 2.30. The highest BCUT2D eigenvalue weighted by Gasteiger charge is 2.13. The van der Waals surface area contributed by atoms with Gasteiger partial charge in [0, 0.05) is 28.1 Å². The molecule has 0 spiro atoms. The van der Waals surface area contributed by atoms with Gasteiger partial charge < -0.3 is 5.32 Å². The van der Waals surface area contributed by atoms with E-state index in [9.17, 15) is 14.9 Å². The summed E-state index contributed by atoms with van der Waals surface area (Å²) in [6.45, 7) is 1.92. The molecule has 0 bridgehead atoms. The van der Waals surface area contributed by atoms with E-state index in [2.05, 4.69) is 5.32 Å². The Morgan fingerprint density at radius 1 is 1.30 bits per heavy atom. The highest BCUT2D eigenvalue weighted by molar-refractivity contribution is 8.00. The van der Waals surface area contributed by atoms with Crippen molar-refractivity contribution in [2.24, 2.45) is 0 Å². The summed E-state index contributed by atoms with van der Waals surface area (Å²) in [4.78, 5) is 22.3. The van der Waals surface area contributed by atoms with Crippen molar-refractivity contribution in [3.05, 3.63) is 69.2 Å². The number of hydrogen-bond donors (Lipinski definition) is 1. The van der Waals surface area contributed by atoms with Gasteiger partial charge in [-0.3, -0.25) is 14.9 Å². The molecule has 2 rings (SSSR count). The first-order chi connectivity index (χ1) is 11.0. The van der Waals surface area contributed by atoms with E-state index < -0.39 is 4.92 Å². The molecular formula is C16H15ClN2O3S. The molecule has 0 fully saturated rings. The maximum absolute atomic E-state index is 11.9. The first kappa shape index (κ1) is 17.3. The molecule has 1 atom stereocenters. The molecule has 1 amide bonds. The molecule has 0 aliphatic carbocycles. The lowest BCUT2D eigenvalue weighted by atomic mass is 10.1. The molecule has 0 aliphatic rings. The average molecular weight is 351 g/mol. The topological polar surface area (TPSA) is 72.2 Å². The lowest BCUT2D eigenvalue weighted by Gasteiger charge is -2.11. The van der Waals surface area contributed by atoms with E-state index in [0.29, 0.717) is 10.7 Å². The van der Waals surface area contributed by atoms with E-state index in [0.717, 1.165) is 5.56 Å². The maximum Gasteiger partial charge on any atom is 0.269 e. The molecule has 0 saturated heterocycles. The maximum atomic E-state index is 11.9. The zero-order valence-corrected chi connectivity index (χ0v) is 13.9. The molecule has 0 saturated carbocycles. The highest BCUT2D eigenvalue weighted by atomic mass is 35.5. The van der Waals surface area contributed by atoms with Crippen LogP contribution in [-0.4, -0.2) is 16.6 Å². The summed E-state index contributed by atoms with van der Waals surface area (Å²) < 4.78 is 0. The van der Waals surface area contributed by atoms with Crippen LogP contribution in [0.15, 0.2) is 48.5 Å². The Kier molecular flexibility index (Phi) is 6.01. The summed E-state index contributed by atoms with van der Waals surface area (Å²) in [7, 11) is 0. The molecule has 0 unspecified atom stereocenters. The Hall–Kier alpha value is -2.05. The Morgan fingerprint density at radius 2 is 2.00 bits per heavy atom. The van der Waals surface area contributed by atoms with Crippen molar-refractivity contribution < 1.29 is 9.72 Å². The van der Waals surface area contributed by atoms with Gasteiger partial charge in [-0.05, 0) is 36.8 Å². The third-order valence-electron chi connectivity index (χ3n) is 3.14. The number of halogens is 1. The second kappa shape index (κ2) is 7.99. The smallest absolute Gasteiger partial charge is 0.269 e. The van der Waals surface area contributed by atoms with Gasteiger partial charge in [0.2, 0.25) is 5.91 Å².